The number of azo groups is 3. The lowest BCUT2D eigenvalue weighted by atomic mass is 10.1. The lowest BCUT2D eigenvalue weighted by molar-refractivity contribution is 0.318. The number of hydrogen-bond donors (Lipinski definition) is 3. The molecular formula is C42H41N7O7S. The molecule has 0 aliphatic heterocycles. The summed E-state index contributed by atoms with van der Waals surface area (Å²) in [7, 11) is -1.56. The van der Waals surface area contributed by atoms with Crippen LogP contribution in [0.15, 0.2) is 133 Å². The highest BCUT2D eigenvalue weighted by Gasteiger charge is 2.17. The van der Waals surface area contributed by atoms with Gasteiger partial charge in [-0.2, -0.15) is 23.8 Å². The molecule has 0 radical (unpaired) electrons. The predicted octanol–water partition coefficient (Wildman–Crippen LogP) is 12.5. The minimum atomic E-state index is -4.58. The van der Waals surface area contributed by atoms with Crippen LogP contribution in [0.3, 0.4) is 0 Å². The van der Waals surface area contributed by atoms with Gasteiger partial charge in [-0.05, 0) is 128 Å². The van der Waals surface area contributed by atoms with Crippen LogP contribution in [-0.2, 0) is 10.1 Å². The molecule has 0 bridgehead atoms. The molecule has 0 saturated carbocycles. The Morgan fingerprint density at radius 1 is 0.596 bits per heavy atom. The molecule has 0 unspecified atom stereocenters. The van der Waals surface area contributed by atoms with Gasteiger partial charge in [0.15, 0.2) is 5.75 Å². The quantitative estimate of drug-likeness (QED) is 0.0718. The van der Waals surface area contributed by atoms with Crippen molar-refractivity contribution in [1.82, 2.24) is 0 Å². The standard InChI is InChI=1S/C42H41N7O7S/c1-7-18-56-40-24-38(48-45-35-16-8-28-22-30(11-15-33(28)42(35)50)43-29-9-12-31(54-5)13-10-29)27(4)21-39(40)49-47-37-20-25(2)36(19-26(37)3)46-44-34-17-14-32(55-6)23-41(34)57(51,52)53/h8-17,19-24,43,50H,7,18H2,1-6H3,(H,51,52,53). The summed E-state index contributed by atoms with van der Waals surface area (Å²) in [5.74, 6) is 1.50. The number of aromatic hydroxyl groups is 1. The minimum Gasteiger partial charge on any atom is -0.505 e. The van der Waals surface area contributed by atoms with Crippen molar-refractivity contribution in [2.24, 2.45) is 30.7 Å². The van der Waals surface area contributed by atoms with Crippen molar-refractivity contribution in [2.75, 3.05) is 26.1 Å². The summed E-state index contributed by atoms with van der Waals surface area (Å²) in [5.41, 5.74) is 6.33. The van der Waals surface area contributed by atoms with Crippen LogP contribution < -0.4 is 19.5 Å². The zero-order chi connectivity index (χ0) is 40.7. The first-order valence-corrected chi connectivity index (χ1v) is 19.3. The number of hydrogen-bond acceptors (Lipinski definition) is 13. The van der Waals surface area contributed by atoms with Crippen molar-refractivity contribution in [3.8, 4) is 23.0 Å². The normalized spacial score (nSPS) is 11.9. The number of benzene rings is 6. The van der Waals surface area contributed by atoms with E-state index in [4.69, 9.17) is 14.2 Å². The Labute approximate surface area is 330 Å². The molecule has 14 nitrogen and oxygen atoms in total. The van der Waals surface area contributed by atoms with E-state index in [1.807, 2.05) is 82.3 Å². The summed E-state index contributed by atoms with van der Waals surface area (Å²) in [5, 5.41) is 42.3. The average Bonchev–Trinajstić information content (AvgIpc) is 3.20. The molecule has 6 aromatic rings. The lowest BCUT2D eigenvalue weighted by Gasteiger charge is -2.11. The molecule has 6 aromatic carbocycles. The van der Waals surface area contributed by atoms with Gasteiger partial charge in [-0.1, -0.05) is 13.0 Å². The number of anilines is 2. The summed E-state index contributed by atoms with van der Waals surface area (Å²) >= 11 is 0. The molecule has 0 fully saturated rings. The summed E-state index contributed by atoms with van der Waals surface area (Å²) in [6.45, 7) is 7.97. The van der Waals surface area contributed by atoms with E-state index >= 15 is 0 Å². The smallest absolute Gasteiger partial charge is 0.296 e. The Balaban J connectivity index is 1.22. The van der Waals surface area contributed by atoms with Crippen molar-refractivity contribution in [1.29, 1.82) is 0 Å². The molecule has 0 aliphatic rings. The van der Waals surface area contributed by atoms with Crippen LogP contribution >= 0.6 is 0 Å². The van der Waals surface area contributed by atoms with E-state index < -0.39 is 15.0 Å². The first-order chi connectivity index (χ1) is 27.4. The van der Waals surface area contributed by atoms with E-state index in [0.717, 1.165) is 40.1 Å². The van der Waals surface area contributed by atoms with E-state index in [9.17, 15) is 18.1 Å². The Hall–Kier alpha value is -6.71. The fourth-order valence-corrected chi connectivity index (χ4v) is 6.35. The maximum absolute atomic E-state index is 12.0. The van der Waals surface area contributed by atoms with E-state index in [2.05, 4.69) is 36.0 Å². The molecule has 0 spiro atoms. The Kier molecular flexibility index (Phi) is 12.2. The number of phenols is 1. The number of nitrogens with one attached hydrogen (secondary N) is 1. The van der Waals surface area contributed by atoms with Crippen molar-refractivity contribution >= 4 is 66.4 Å². The molecule has 292 valence electrons. The van der Waals surface area contributed by atoms with Crippen molar-refractivity contribution in [2.45, 2.75) is 39.0 Å². The first-order valence-electron chi connectivity index (χ1n) is 17.8. The van der Waals surface area contributed by atoms with Gasteiger partial charge in [0, 0.05) is 28.9 Å². The third-order valence-corrected chi connectivity index (χ3v) is 9.73. The second-order valence-corrected chi connectivity index (χ2v) is 14.4. The molecular weight excluding hydrogens is 747 g/mol. The number of nitrogens with zero attached hydrogens (tertiary/aromatic N) is 6. The second kappa shape index (κ2) is 17.4. The van der Waals surface area contributed by atoms with Crippen LogP contribution in [0.4, 0.5) is 45.5 Å². The van der Waals surface area contributed by atoms with E-state index in [1.54, 1.807) is 31.4 Å². The molecule has 0 aromatic heterocycles. The van der Waals surface area contributed by atoms with Crippen LogP contribution in [0, 0.1) is 20.8 Å². The van der Waals surface area contributed by atoms with Crippen molar-refractivity contribution in [3.63, 3.8) is 0 Å². The zero-order valence-electron chi connectivity index (χ0n) is 32.2. The van der Waals surface area contributed by atoms with Crippen LogP contribution in [0.1, 0.15) is 30.0 Å². The summed E-state index contributed by atoms with van der Waals surface area (Å²) in [4.78, 5) is -0.421. The second-order valence-electron chi connectivity index (χ2n) is 13.0. The SMILES string of the molecule is CCCOc1cc(N=Nc2ccc3cc(Nc4ccc(OC)cc4)ccc3c2O)c(C)cc1N=Nc1cc(C)c(N=Nc2ccc(OC)cc2S(=O)(=O)O)cc1C. The first kappa shape index (κ1) is 40.0. The van der Waals surface area contributed by atoms with Crippen LogP contribution in [0.5, 0.6) is 23.0 Å². The third kappa shape index (κ3) is 9.58. The third-order valence-electron chi connectivity index (χ3n) is 8.84. The molecule has 0 amide bonds. The summed E-state index contributed by atoms with van der Waals surface area (Å²) in [6.07, 6.45) is 0.764. The Morgan fingerprint density at radius 3 is 1.74 bits per heavy atom. The van der Waals surface area contributed by atoms with Gasteiger partial charge in [-0.3, -0.25) is 4.55 Å². The zero-order valence-corrected chi connectivity index (χ0v) is 33.0. The van der Waals surface area contributed by atoms with E-state index in [-0.39, 0.29) is 17.2 Å². The largest absolute Gasteiger partial charge is 0.505 e. The molecule has 0 atom stereocenters. The van der Waals surface area contributed by atoms with Crippen LogP contribution in [-0.4, -0.2) is 38.9 Å². The highest BCUT2D eigenvalue weighted by atomic mass is 32.2. The van der Waals surface area contributed by atoms with Gasteiger partial charge in [0.2, 0.25) is 0 Å². The topological polar surface area (TPSA) is 188 Å². The number of methoxy groups -OCH3 is 2. The highest BCUT2D eigenvalue weighted by molar-refractivity contribution is 7.86. The molecule has 0 heterocycles. The summed E-state index contributed by atoms with van der Waals surface area (Å²) in [6, 6.07) is 28.1. The molecule has 3 N–H and O–H groups in total. The predicted molar refractivity (Wildman–Crippen MR) is 220 cm³/mol. The van der Waals surface area contributed by atoms with Gasteiger partial charge < -0.3 is 24.6 Å². The van der Waals surface area contributed by atoms with E-state index in [0.29, 0.717) is 51.7 Å². The van der Waals surface area contributed by atoms with Crippen LogP contribution in [0.25, 0.3) is 10.8 Å². The van der Waals surface area contributed by atoms with Gasteiger partial charge in [0.1, 0.15) is 39.2 Å². The van der Waals surface area contributed by atoms with Gasteiger partial charge >= 0.3 is 0 Å². The van der Waals surface area contributed by atoms with Gasteiger partial charge in [-0.25, -0.2) is 0 Å². The number of rotatable bonds is 14. The monoisotopic (exact) mass is 787 g/mol. The Bertz CT molecular complexity index is 2650. The maximum atomic E-state index is 12.0. The van der Waals surface area contributed by atoms with Gasteiger partial charge in [-0.15, -0.1) is 15.3 Å². The minimum absolute atomic E-state index is 0.0134. The van der Waals surface area contributed by atoms with Crippen molar-refractivity contribution < 1.29 is 32.3 Å². The molecule has 0 saturated heterocycles. The molecule has 6 rings (SSSR count). The van der Waals surface area contributed by atoms with Gasteiger partial charge in [0.05, 0.1) is 37.9 Å². The number of aryl methyl sites for hydroxylation is 3. The molecule has 15 heteroatoms. The number of ether oxygens (including phenoxy) is 3. The van der Waals surface area contributed by atoms with Gasteiger partial charge in [0.25, 0.3) is 10.1 Å². The van der Waals surface area contributed by atoms with Crippen molar-refractivity contribution in [3.05, 3.63) is 114 Å². The fourth-order valence-electron chi connectivity index (χ4n) is 5.71. The number of fused-ring (bicyclic) bond motifs is 1. The van der Waals surface area contributed by atoms with Crippen LogP contribution in [0.2, 0.25) is 0 Å². The lowest BCUT2D eigenvalue weighted by Crippen LogP contribution is -1.99. The average molecular weight is 788 g/mol. The molecule has 57 heavy (non-hydrogen) atoms. The fraction of sp³-hybridized carbons (Fsp3) is 0.190. The maximum Gasteiger partial charge on any atom is 0.296 e. The molecule has 0 aliphatic carbocycles. The Morgan fingerprint density at radius 2 is 1.12 bits per heavy atom. The van der Waals surface area contributed by atoms with E-state index in [1.165, 1.54) is 25.3 Å². The highest BCUT2D eigenvalue weighted by Crippen LogP contribution is 2.41. The number of phenolic OH excluding ortho intramolecular Hbond substituents is 1. The summed E-state index contributed by atoms with van der Waals surface area (Å²) < 4.78 is 50.0.